The molecule has 0 atom stereocenters. The molecule has 0 aliphatic rings. The molecule has 0 aromatic heterocycles. The van der Waals surface area contributed by atoms with Crippen molar-refractivity contribution in [2.24, 2.45) is 0 Å². The Hall–Kier alpha value is -0.790. The van der Waals surface area contributed by atoms with Crippen LogP contribution in [0, 0.1) is 0 Å². The first-order valence-corrected chi connectivity index (χ1v) is 8.55. The topological polar surface area (TPSA) is 26.3 Å². The highest BCUT2D eigenvalue weighted by atomic mass is 16.5. The van der Waals surface area contributed by atoms with Gasteiger partial charge in [-0.25, -0.2) is 0 Å². The summed E-state index contributed by atoms with van der Waals surface area (Å²) in [5.41, 5.74) is 0. The fourth-order valence-electron chi connectivity index (χ4n) is 2.21. The number of ether oxygens (including phenoxy) is 1. The Bertz CT molecular complexity index is 234. The van der Waals surface area contributed by atoms with Gasteiger partial charge >= 0.3 is 5.97 Å². The Balaban J connectivity index is 3.07. The SMILES string of the molecule is CCCCCCCCC/C=C\CCCCCOC(C)=O. The number of hydrogen-bond acceptors (Lipinski definition) is 2. The van der Waals surface area contributed by atoms with E-state index in [9.17, 15) is 4.79 Å². The minimum Gasteiger partial charge on any atom is -0.466 e. The molecule has 2 heteroatoms. The molecule has 0 aliphatic heterocycles. The first kappa shape index (κ1) is 19.2. The molecule has 20 heavy (non-hydrogen) atoms. The van der Waals surface area contributed by atoms with E-state index in [2.05, 4.69) is 19.1 Å². The van der Waals surface area contributed by atoms with E-state index in [0.717, 1.165) is 19.3 Å². The van der Waals surface area contributed by atoms with Gasteiger partial charge in [0.25, 0.3) is 0 Å². The predicted molar refractivity (Wildman–Crippen MR) is 86.9 cm³/mol. The number of rotatable bonds is 14. The van der Waals surface area contributed by atoms with Crippen molar-refractivity contribution in [2.75, 3.05) is 6.61 Å². The molecule has 0 aromatic rings. The molecule has 0 spiro atoms. The summed E-state index contributed by atoms with van der Waals surface area (Å²) in [5, 5.41) is 0. The molecule has 0 saturated carbocycles. The van der Waals surface area contributed by atoms with Crippen molar-refractivity contribution in [1.82, 2.24) is 0 Å². The summed E-state index contributed by atoms with van der Waals surface area (Å²) in [4.78, 5) is 10.5. The molecule has 118 valence electrons. The normalized spacial score (nSPS) is 11.1. The molecule has 0 heterocycles. The zero-order valence-electron chi connectivity index (χ0n) is 13.7. The molecule has 0 unspecified atom stereocenters. The zero-order valence-corrected chi connectivity index (χ0v) is 13.7. The van der Waals surface area contributed by atoms with Gasteiger partial charge in [-0.05, 0) is 38.5 Å². The average Bonchev–Trinajstić information content (AvgIpc) is 2.43. The number of carbonyl (C=O) groups is 1. The summed E-state index contributed by atoms with van der Waals surface area (Å²) < 4.78 is 4.89. The quantitative estimate of drug-likeness (QED) is 0.228. The Morgan fingerprint density at radius 2 is 1.30 bits per heavy atom. The smallest absolute Gasteiger partial charge is 0.302 e. The third kappa shape index (κ3) is 17.2. The fraction of sp³-hybridized carbons (Fsp3) is 0.833. The van der Waals surface area contributed by atoms with Crippen LogP contribution in [0.3, 0.4) is 0 Å². The van der Waals surface area contributed by atoms with E-state index >= 15 is 0 Å². The summed E-state index contributed by atoms with van der Waals surface area (Å²) in [6.45, 7) is 4.31. The maximum absolute atomic E-state index is 10.5. The minimum atomic E-state index is -0.167. The lowest BCUT2D eigenvalue weighted by Gasteiger charge is -2.00. The maximum atomic E-state index is 10.5. The van der Waals surface area contributed by atoms with Crippen LogP contribution < -0.4 is 0 Å². The van der Waals surface area contributed by atoms with E-state index in [-0.39, 0.29) is 5.97 Å². The molecule has 0 bridgehead atoms. The molecule has 0 aromatic carbocycles. The van der Waals surface area contributed by atoms with Crippen molar-refractivity contribution in [3.8, 4) is 0 Å². The van der Waals surface area contributed by atoms with E-state index in [1.807, 2.05) is 0 Å². The van der Waals surface area contributed by atoms with Crippen molar-refractivity contribution in [1.29, 1.82) is 0 Å². The maximum Gasteiger partial charge on any atom is 0.302 e. The van der Waals surface area contributed by atoms with Crippen molar-refractivity contribution in [3.63, 3.8) is 0 Å². The lowest BCUT2D eigenvalue weighted by atomic mass is 10.1. The van der Waals surface area contributed by atoms with E-state index < -0.39 is 0 Å². The van der Waals surface area contributed by atoms with Crippen LogP contribution in [0.1, 0.15) is 90.9 Å². The summed E-state index contributed by atoms with van der Waals surface area (Å²) in [6.07, 6.45) is 20.1. The Morgan fingerprint density at radius 1 is 0.800 bits per heavy atom. The number of unbranched alkanes of at least 4 members (excludes halogenated alkanes) is 10. The van der Waals surface area contributed by atoms with Crippen LogP contribution in [0.4, 0.5) is 0 Å². The first-order chi connectivity index (χ1) is 9.77. The summed E-state index contributed by atoms with van der Waals surface area (Å²) in [7, 11) is 0. The van der Waals surface area contributed by atoms with E-state index in [4.69, 9.17) is 4.74 Å². The Kier molecular flexibility index (Phi) is 15.6. The number of carbonyl (C=O) groups excluding carboxylic acids is 1. The highest BCUT2D eigenvalue weighted by molar-refractivity contribution is 5.65. The van der Waals surface area contributed by atoms with Crippen LogP contribution in [-0.4, -0.2) is 12.6 Å². The van der Waals surface area contributed by atoms with Gasteiger partial charge in [0.1, 0.15) is 0 Å². The summed E-state index contributed by atoms with van der Waals surface area (Å²) in [5.74, 6) is -0.167. The molecule has 0 aliphatic carbocycles. The average molecular weight is 282 g/mol. The van der Waals surface area contributed by atoms with Crippen molar-refractivity contribution in [3.05, 3.63) is 12.2 Å². The molecule has 0 radical (unpaired) electrons. The Morgan fingerprint density at radius 3 is 1.85 bits per heavy atom. The second-order valence-electron chi connectivity index (χ2n) is 5.57. The van der Waals surface area contributed by atoms with Gasteiger partial charge in [-0.2, -0.15) is 0 Å². The fourth-order valence-corrected chi connectivity index (χ4v) is 2.21. The van der Waals surface area contributed by atoms with Gasteiger partial charge in [-0.15, -0.1) is 0 Å². The van der Waals surface area contributed by atoms with Gasteiger partial charge in [-0.3, -0.25) is 4.79 Å². The zero-order chi connectivity index (χ0) is 14.9. The van der Waals surface area contributed by atoms with Crippen LogP contribution in [0.15, 0.2) is 12.2 Å². The van der Waals surface area contributed by atoms with Crippen LogP contribution in [-0.2, 0) is 9.53 Å². The minimum absolute atomic E-state index is 0.167. The number of hydrogen-bond donors (Lipinski definition) is 0. The standard InChI is InChI=1S/C18H34O2/c1-3-4-5-6-7-8-9-10-11-12-13-14-15-16-17-20-18(2)19/h11-12H,3-10,13-17H2,1-2H3/b12-11-. The monoisotopic (exact) mass is 282 g/mol. The molecule has 0 amide bonds. The molecular formula is C18H34O2. The van der Waals surface area contributed by atoms with Crippen molar-refractivity contribution >= 4 is 5.97 Å². The van der Waals surface area contributed by atoms with Crippen LogP contribution >= 0.6 is 0 Å². The third-order valence-electron chi connectivity index (χ3n) is 3.46. The van der Waals surface area contributed by atoms with Crippen molar-refractivity contribution in [2.45, 2.75) is 90.9 Å². The molecule has 0 fully saturated rings. The van der Waals surface area contributed by atoms with Gasteiger partial charge in [0.2, 0.25) is 0 Å². The molecule has 0 saturated heterocycles. The van der Waals surface area contributed by atoms with Gasteiger partial charge in [0.05, 0.1) is 6.61 Å². The molecular weight excluding hydrogens is 248 g/mol. The van der Waals surface area contributed by atoms with Crippen molar-refractivity contribution < 1.29 is 9.53 Å². The second kappa shape index (κ2) is 16.3. The molecule has 0 rings (SSSR count). The summed E-state index contributed by atoms with van der Waals surface area (Å²) >= 11 is 0. The largest absolute Gasteiger partial charge is 0.466 e. The third-order valence-corrected chi connectivity index (χ3v) is 3.46. The number of esters is 1. The van der Waals surface area contributed by atoms with E-state index in [0.29, 0.717) is 6.61 Å². The lowest BCUT2D eigenvalue weighted by molar-refractivity contribution is -0.141. The van der Waals surface area contributed by atoms with Crippen LogP contribution in [0.5, 0.6) is 0 Å². The van der Waals surface area contributed by atoms with E-state index in [1.54, 1.807) is 0 Å². The second-order valence-corrected chi connectivity index (χ2v) is 5.57. The van der Waals surface area contributed by atoms with Crippen LogP contribution in [0.25, 0.3) is 0 Å². The first-order valence-electron chi connectivity index (χ1n) is 8.55. The van der Waals surface area contributed by atoms with Gasteiger partial charge in [0.15, 0.2) is 0 Å². The number of allylic oxidation sites excluding steroid dienone is 2. The molecule has 0 N–H and O–H groups in total. The van der Waals surface area contributed by atoms with Gasteiger partial charge < -0.3 is 4.74 Å². The highest BCUT2D eigenvalue weighted by Crippen LogP contribution is 2.09. The van der Waals surface area contributed by atoms with Crippen LogP contribution in [0.2, 0.25) is 0 Å². The van der Waals surface area contributed by atoms with Gasteiger partial charge in [-0.1, -0.05) is 57.6 Å². The highest BCUT2D eigenvalue weighted by Gasteiger charge is 1.92. The summed E-state index contributed by atoms with van der Waals surface area (Å²) in [6, 6.07) is 0. The Labute approximate surface area is 126 Å². The van der Waals surface area contributed by atoms with Gasteiger partial charge in [0, 0.05) is 6.92 Å². The predicted octanol–water partition coefficient (Wildman–Crippen LogP) is 5.81. The lowest BCUT2D eigenvalue weighted by Crippen LogP contribution is -1.99. The molecule has 2 nitrogen and oxygen atoms in total. The van der Waals surface area contributed by atoms with E-state index in [1.165, 1.54) is 64.7 Å².